The van der Waals surface area contributed by atoms with Crippen LogP contribution in [0.15, 0.2) is 58.8 Å². The third-order valence-corrected chi connectivity index (χ3v) is 7.85. The van der Waals surface area contributed by atoms with Crippen LogP contribution in [0.5, 0.6) is 5.75 Å². The number of ether oxygens (including phenoxy) is 2. The molecule has 0 saturated carbocycles. The van der Waals surface area contributed by atoms with E-state index in [-0.39, 0.29) is 11.3 Å². The normalized spacial score (nSPS) is 15.2. The minimum Gasteiger partial charge on any atom is -0.494 e. The van der Waals surface area contributed by atoms with E-state index >= 15 is 0 Å². The van der Waals surface area contributed by atoms with Crippen molar-refractivity contribution >= 4 is 29.0 Å². The average Bonchev–Trinajstić information content (AvgIpc) is 3.28. The maximum Gasteiger partial charge on any atom is 0.251 e. The van der Waals surface area contributed by atoms with Crippen LogP contribution in [0.25, 0.3) is 0 Å². The van der Waals surface area contributed by atoms with Crippen molar-refractivity contribution in [3.8, 4) is 5.75 Å². The van der Waals surface area contributed by atoms with Crippen molar-refractivity contribution in [2.24, 2.45) is 0 Å². The Hall–Kier alpha value is -2.35. The molecule has 1 amide bonds. The Morgan fingerprint density at radius 3 is 2.52 bits per heavy atom. The molecular formula is C26H30N2O3S2. The van der Waals surface area contributed by atoms with Gasteiger partial charge in [0.1, 0.15) is 5.75 Å². The quantitative estimate of drug-likeness (QED) is 0.401. The molecule has 1 fully saturated rings. The summed E-state index contributed by atoms with van der Waals surface area (Å²) < 4.78 is 11.2. The minimum atomic E-state index is -0.125. The number of carbonyl (C=O) groups excluding carboxylic acids is 1. The van der Waals surface area contributed by atoms with E-state index < -0.39 is 0 Å². The predicted molar refractivity (Wildman–Crippen MR) is 135 cm³/mol. The van der Waals surface area contributed by atoms with Crippen LogP contribution >= 0.6 is 23.1 Å². The molecule has 1 aliphatic heterocycles. The molecule has 5 nitrogen and oxygen atoms in total. The lowest BCUT2D eigenvalue weighted by atomic mass is 9.74. The summed E-state index contributed by atoms with van der Waals surface area (Å²) in [7, 11) is 0. The molecule has 0 atom stereocenters. The number of nitrogens with zero attached hydrogens (tertiary/aromatic N) is 1. The van der Waals surface area contributed by atoms with Crippen LogP contribution in [-0.4, -0.2) is 37.3 Å². The fourth-order valence-corrected chi connectivity index (χ4v) is 5.60. The highest BCUT2D eigenvalue weighted by molar-refractivity contribution is 7.98. The number of hydrogen-bond donors (Lipinski definition) is 1. The number of amides is 1. The van der Waals surface area contributed by atoms with Gasteiger partial charge in [-0.25, -0.2) is 4.98 Å². The molecule has 0 aliphatic carbocycles. The van der Waals surface area contributed by atoms with Gasteiger partial charge in [0, 0.05) is 46.8 Å². The van der Waals surface area contributed by atoms with E-state index in [1.807, 2.05) is 50.2 Å². The van der Waals surface area contributed by atoms with Crippen LogP contribution in [-0.2, 0) is 15.9 Å². The van der Waals surface area contributed by atoms with Gasteiger partial charge in [-0.3, -0.25) is 4.79 Å². The van der Waals surface area contributed by atoms with Crippen LogP contribution in [0, 0.1) is 6.92 Å². The lowest BCUT2D eigenvalue weighted by Crippen LogP contribution is -2.44. The van der Waals surface area contributed by atoms with E-state index in [0.29, 0.717) is 31.9 Å². The van der Waals surface area contributed by atoms with Crippen LogP contribution in [0.1, 0.15) is 46.4 Å². The van der Waals surface area contributed by atoms with E-state index in [0.717, 1.165) is 39.9 Å². The number of benzene rings is 2. The first-order valence-electron chi connectivity index (χ1n) is 11.3. The first-order chi connectivity index (χ1) is 16.1. The van der Waals surface area contributed by atoms with Crippen LogP contribution in [0.4, 0.5) is 0 Å². The highest BCUT2D eigenvalue weighted by Gasteiger charge is 2.35. The number of rotatable bonds is 9. The molecule has 3 aromatic rings. The van der Waals surface area contributed by atoms with E-state index in [1.165, 1.54) is 5.56 Å². The molecule has 33 heavy (non-hydrogen) atoms. The average molecular weight is 483 g/mol. The maximum absolute atomic E-state index is 12.9. The Labute approximate surface area is 203 Å². The molecule has 4 rings (SSSR count). The van der Waals surface area contributed by atoms with Crippen molar-refractivity contribution in [1.82, 2.24) is 10.3 Å². The Morgan fingerprint density at radius 2 is 1.88 bits per heavy atom. The van der Waals surface area contributed by atoms with Gasteiger partial charge in [-0.2, -0.15) is 0 Å². The fraction of sp³-hybridized carbons (Fsp3) is 0.385. The molecule has 1 aromatic heterocycles. The van der Waals surface area contributed by atoms with Crippen molar-refractivity contribution < 1.29 is 14.3 Å². The molecule has 7 heteroatoms. The van der Waals surface area contributed by atoms with Crippen LogP contribution in [0.2, 0.25) is 0 Å². The lowest BCUT2D eigenvalue weighted by molar-refractivity contribution is 0.0487. The first-order valence-corrected chi connectivity index (χ1v) is 13.2. The van der Waals surface area contributed by atoms with Crippen LogP contribution in [0.3, 0.4) is 0 Å². The van der Waals surface area contributed by atoms with Crippen LogP contribution < -0.4 is 10.1 Å². The Bertz CT molecular complexity index is 1040. The van der Waals surface area contributed by atoms with Gasteiger partial charge in [0.25, 0.3) is 5.91 Å². The zero-order valence-corrected chi connectivity index (χ0v) is 20.8. The SMILES string of the molecule is CCOc1ccc(C2(CNC(=O)c3ccc(SCc4csc(C)n4)cc3)CCOCC2)cc1. The second-order valence-electron chi connectivity index (χ2n) is 8.20. The number of thiazole rings is 1. The summed E-state index contributed by atoms with van der Waals surface area (Å²) in [5.41, 5.74) is 2.87. The molecule has 2 aromatic carbocycles. The second kappa shape index (κ2) is 11.2. The van der Waals surface area contributed by atoms with E-state index in [1.54, 1.807) is 23.1 Å². The van der Waals surface area contributed by atoms with Crippen molar-refractivity contribution in [3.05, 3.63) is 75.7 Å². The molecule has 2 heterocycles. The third kappa shape index (κ3) is 6.16. The first kappa shape index (κ1) is 23.8. The minimum absolute atomic E-state index is 0.0431. The van der Waals surface area contributed by atoms with Gasteiger partial charge in [0.2, 0.25) is 0 Å². The van der Waals surface area contributed by atoms with Gasteiger partial charge in [-0.1, -0.05) is 12.1 Å². The lowest BCUT2D eigenvalue weighted by Gasteiger charge is -2.38. The molecule has 0 unspecified atom stereocenters. The number of thioether (sulfide) groups is 1. The molecule has 0 spiro atoms. The number of aromatic nitrogens is 1. The molecule has 1 aliphatic rings. The summed E-state index contributed by atoms with van der Waals surface area (Å²) in [5, 5.41) is 6.37. The van der Waals surface area contributed by atoms with Crippen molar-refractivity contribution in [2.75, 3.05) is 26.4 Å². The zero-order valence-electron chi connectivity index (χ0n) is 19.1. The number of carbonyl (C=O) groups is 1. The molecule has 0 bridgehead atoms. The predicted octanol–water partition coefficient (Wildman–Crippen LogP) is 5.62. The summed E-state index contributed by atoms with van der Waals surface area (Å²) in [4.78, 5) is 18.6. The van der Waals surface area contributed by atoms with E-state index in [9.17, 15) is 4.79 Å². The van der Waals surface area contributed by atoms with Gasteiger partial charge < -0.3 is 14.8 Å². The van der Waals surface area contributed by atoms with Gasteiger partial charge in [-0.05, 0) is 68.7 Å². The van der Waals surface area contributed by atoms with Crippen molar-refractivity contribution in [2.45, 2.75) is 42.8 Å². The van der Waals surface area contributed by atoms with Crippen molar-refractivity contribution in [1.29, 1.82) is 0 Å². The summed E-state index contributed by atoms with van der Waals surface area (Å²) in [6.07, 6.45) is 1.76. The largest absolute Gasteiger partial charge is 0.494 e. The summed E-state index contributed by atoms with van der Waals surface area (Å²) >= 11 is 3.41. The van der Waals surface area contributed by atoms with Gasteiger partial charge in [-0.15, -0.1) is 23.1 Å². The summed E-state index contributed by atoms with van der Waals surface area (Å²) in [5.74, 6) is 1.66. The summed E-state index contributed by atoms with van der Waals surface area (Å²) in [6, 6.07) is 16.1. The smallest absolute Gasteiger partial charge is 0.251 e. The molecular weight excluding hydrogens is 452 g/mol. The highest BCUT2D eigenvalue weighted by atomic mass is 32.2. The van der Waals surface area contributed by atoms with Gasteiger partial charge in [0.05, 0.1) is 17.3 Å². The maximum atomic E-state index is 12.9. The third-order valence-electron chi connectivity index (χ3n) is 5.98. The Kier molecular flexibility index (Phi) is 8.06. The molecule has 1 N–H and O–H groups in total. The van der Waals surface area contributed by atoms with Crippen molar-refractivity contribution in [3.63, 3.8) is 0 Å². The number of aryl methyl sites for hydroxylation is 1. The Morgan fingerprint density at radius 1 is 1.15 bits per heavy atom. The standard InChI is InChI=1S/C26H30N2O3S2/c1-3-31-23-8-6-21(7-9-23)26(12-14-30-15-13-26)18-27-25(29)20-4-10-24(11-5-20)33-17-22-16-32-19(2)28-22/h4-11,16H,3,12-15,17-18H2,1-2H3,(H,27,29). The highest BCUT2D eigenvalue weighted by Crippen LogP contribution is 2.35. The monoisotopic (exact) mass is 482 g/mol. The second-order valence-corrected chi connectivity index (χ2v) is 10.3. The topological polar surface area (TPSA) is 60.5 Å². The fourth-order valence-electron chi connectivity index (χ4n) is 4.09. The zero-order chi connectivity index (χ0) is 23.1. The molecule has 174 valence electrons. The number of hydrogen-bond acceptors (Lipinski definition) is 6. The van der Waals surface area contributed by atoms with E-state index in [4.69, 9.17) is 9.47 Å². The summed E-state index contributed by atoms with van der Waals surface area (Å²) in [6.45, 7) is 6.64. The van der Waals surface area contributed by atoms with Gasteiger partial charge in [0.15, 0.2) is 0 Å². The Balaban J connectivity index is 1.37. The van der Waals surface area contributed by atoms with E-state index in [2.05, 4.69) is 27.8 Å². The molecule has 0 radical (unpaired) electrons. The van der Waals surface area contributed by atoms with Gasteiger partial charge >= 0.3 is 0 Å². The number of nitrogens with one attached hydrogen (secondary N) is 1. The molecule has 1 saturated heterocycles.